The van der Waals surface area contributed by atoms with E-state index in [-0.39, 0.29) is 17.3 Å². The fourth-order valence-corrected chi connectivity index (χ4v) is 8.12. The quantitative estimate of drug-likeness (QED) is 0.727. The van der Waals surface area contributed by atoms with E-state index in [1.54, 1.807) is 11.8 Å². The number of hydrogen-bond acceptors (Lipinski definition) is 5. The van der Waals surface area contributed by atoms with Gasteiger partial charge in [-0.25, -0.2) is 4.79 Å². The Kier molecular flexibility index (Phi) is 4.05. The summed E-state index contributed by atoms with van der Waals surface area (Å²) in [7, 11) is 0. The highest BCUT2D eigenvalue weighted by molar-refractivity contribution is 5.94. The van der Waals surface area contributed by atoms with Gasteiger partial charge in [-0.3, -0.25) is 4.79 Å². The smallest absolute Gasteiger partial charge is 0.409 e. The summed E-state index contributed by atoms with van der Waals surface area (Å²) < 4.78 is 5.10. The number of ketones is 1. The highest BCUT2D eigenvalue weighted by Crippen LogP contribution is 2.76. The molecule has 1 saturated heterocycles. The van der Waals surface area contributed by atoms with Crippen LogP contribution in [0.15, 0.2) is 0 Å². The van der Waals surface area contributed by atoms with Crippen molar-refractivity contribution in [2.75, 3.05) is 19.7 Å². The highest BCUT2D eigenvalue weighted by Gasteiger charge is 2.82. The lowest BCUT2D eigenvalue weighted by atomic mass is 9.48. The first-order valence-corrected chi connectivity index (χ1v) is 11.2. The van der Waals surface area contributed by atoms with E-state index in [9.17, 15) is 20.1 Å². The first-order chi connectivity index (χ1) is 13.9. The zero-order valence-electron chi connectivity index (χ0n) is 17.2. The molecule has 0 aromatic heterocycles. The van der Waals surface area contributed by atoms with E-state index in [1.807, 2.05) is 0 Å². The number of likely N-dealkylation sites (tertiary alicyclic amines) is 1. The van der Waals surface area contributed by atoms with Crippen LogP contribution in [0.3, 0.4) is 0 Å². The normalized spacial score (nSPS) is 40.2. The van der Waals surface area contributed by atoms with Crippen molar-refractivity contribution in [1.29, 1.82) is 10.5 Å². The summed E-state index contributed by atoms with van der Waals surface area (Å²) in [5.74, 6) is 1.70. The highest BCUT2D eigenvalue weighted by atomic mass is 16.6. The predicted molar refractivity (Wildman–Crippen MR) is 103 cm³/mol. The molecule has 0 aromatic carbocycles. The standard InChI is InChI=1S/C23H29N3O3/c1-2-29-20(28)26-5-3-22(4-6-26)18(23(22,13-24)14-25)19(27)21-10-15-7-16(11-21)9-17(8-15)12-21/h15-18H,2-12H2,1H3/t15?,16?,17?,18-,21?/m1/s1. The van der Waals surface area contributed by atoms with Crippen molar-refractivity contribution in [2.45, 2.75) is 58.3 Å². The summed E-state index contributed by atoms with van der Waals surface area (Å²) >= 11 is 0. The number of nitrogens with zero attached hydrogens (tertiary/aromatic N) is 3. The molecule has 1 atom stereocenters. The van der Waals surface area contributed by atoms with E-state index in [0.717, 1.165) is 19.3 Å². The summed E-state index contributed by atoms with van der Waals surface area (Å²) in [6.45, 7) is 3.01. The number of piperidine rings is 1. The number of ether oxygens (including phenoxy) is 1. The molecule has 6 heteroatoms. The van der Waals surface area contributed by atoms with Gasteiger partial charge in [0, 0.05) is 23.9 Å². The van der Waals surface area contributed by atoms with Crippen LogP contribution in [0.4, 0.5) is 4.79 Å². The third-order valence-corrected chi connectivity index (χ3v) is 9.05. The van der Waals surface area contributed by atoms with Crippen molar-refractivity contribution >= 4 is 11.9 Å². The number of carbonyl (C=O) groups excluding carboxylic acids is 2. The number of amides is 1. The summed E-state index contributed by atoms with van der Waals surface area (Å²) in [5, 5.41) is 20.0. The van der Waals surface area contributed by atoms with Gasteiger partial charge in [0.1, 0.15) is 5.78 Å². The molecule has 6 rings (SSSR count). The minimum Gasteiger partial charge on any atom is -0.450 e. The van der Waals surface area contributed by atoms with Crippen LogP contribution in [0, 0.1) is 62.6 Å². The van der Waals surface area contributed by atoms with Crippen molar-refractivity contribution in [2.24, 2.45) is 39.9 Å². The second-order valence-electron chi connectivity index (χ2n) is 10.4. The molecule has 0 N–H and O–H groups in total. The Hall–Kier alpha value is -2.08. The number of carbonyl (C=O) groups is 2. The molecule has 1 amide bonds. The molecule has 0 radical (unpaired) electrons. The largest absolute Gasteiger partial charge is 0.450 e. The molecule has 1 heterocycles. The maximum Gasteiger partial charge on any atom is 0.409 e. The van der Waals surface area contributed by atoms with E-state index in [4.69, 9.17) is 4.74 Å². The Morgan fingerprint density at radius 1 is 1.00 bits per heavy atom. The van der Waals surface area contributed by atoms with Gasteiger partial charge in [-0.2, -0.15) is 10.5 Å². The molecule has 29 heavy (non-hydrogen) atoms. The van der Waals surface area contributed by atoms with Crippen LogP contribution in [0.1, 0.15) is 58.3 Å². The van der Waals surface area contributed by atoms with E-state index >= 15 is 0 Å². The summed E-state index contributed by atoms with van der Waals surface area (Å²) in [6.07, 6.45) is 7.41. The molecular formula is C23H29N3O3. The Morgan fingerprint density at radius 3 is 1.97 bits per heavy atom. The fraction of sp³-hybridized carbons (Fsp3) is 0.826. The molecule has 1 aliphatic heterocycles. The first-order valence-electron chi connectivity index (χ1n) is 11.2. The molecule has 0 unspecified atom stereocenters. The number of nitriles is 2. The van der Waals surface area contributed by atoms with E-state index < -0.39 is 16.7 Å². The molecule has 0 aromatic rings. The van der Waals surface area contributed by atoms with Gasteiger partial charge in [0.25, 0.3) is 0 Å². The third kappa shape index (κ3) is 2.38. The molecule has 1 spiro atoms. The maximum absolute atomic E-state index is 14.0. The van der Waals surface area contributed by atoms with Crippen molar-refractivity contribution in [3.8, 4) is 12.1 Å². The van der Waals surface area contributed by atoms with Gasteiger partial charge in [0.15, 0.2) is 5.41 Å². The molecule has 6 nitrogen and oxygen atoms in total. The minimum atomic E-state index is -1.21. The zero-order chi connectivity index (χ0) is 20.4. The van der Waals surface area contributed by atoms with E-state index in [1.165, 1.54) is 19.3 Å². The van der Waals surface area contributed by atoms with Crippen LogP contribution in [-0.4, -0.2) is 36.5 Å². The van der Waals surface area contributed by atoms with Gasteiger partial charge in [-0.05, 0) is 76.0 Å². The van der Waals surface area contributed by atoms with Crippen LogP contribution in [0.5, 0.6) is 0 Å². The second kappa shape index (κ2) is 6.21. The Labute approximate surface area is 172 Å². The van der Waals surface area contributed by atoms with Crippen molar-refractivity contribution in [1.82, 2.24) is 4.90 Å². The van der Waals surface area contributed by atoms with Crippen molar-refractivity contribution in [3.63, 3.8) is 0 Å². The Bertz CT molecular complexity index is 778. The molecule has 154 valence electrons. The van der Waals surface area contributed by atoms with Crippen LogP contribution in [0.2, 0.25) is 0 Å². The summed E-state index contributed by atoms with van der Waals surface area (Å²) in [5.41, 5.74) is -2.09. The lowest BCUT2D eigenvalue weighted by Gasteiger charge is -2.56. The SMILES string of the molecule is CCOC(=O)N1CCC2(CC1)[C@@H](C(=O)C13CC4CC(CC(C4)C1)C3)C2(C#N)C#N. The molecule has 6 fully saturated rings. The van der Waals surface area contributed by atoms with Gasteiger partial charge >= 0.3 is 6.09 Å². The minimum absolute atomic E-state index is 0.212. The average Bonchev–Trinajstić information content (AvgIpc) is 3.27. The Morgan fingerprint density at radius 2 is 1.52 bits per heavy atom. The summed E-state index contributed by atoms with van der Waals surface area (Å²) in [6, 6.07) is 4.56. The predicted octanol–water partition coefficient (Wildman–Crippen LogP) is 3.67. The van der Waals surface area contributed by atoms with Gasteiger partial charge in [0.2, 0.25) is 0 Å². The van der Waals surface area contributed by atoms with Crippen LogP contribution >= 0.6 is 0 Å². The van der Waals surface area contributed by atoms with Gasteiger partial charge in [0.05, 0.1) is 24.7 Å². The van der Waals surface area contributed by atoms with E-state index in [0.29, 0.717) is 50.3 Å². The van der Waals surface area contributed by atoms with Crippen LogP contribution < -0.4 is 0 Å². The van der Waals surface area contributed by atoms with E-state index in [2.05, 4.69) is 12.1 Å². The van der Waals surface area contributed by atoms with Gasteiger partial charge in [-0.1, -0.05) is 0 Å². The monoisotopic (exact) mass is 395 g/mol. The maximum atomic E-state index is 14.0. The third-order valence-electron chi connectivity index (χ3n) is 9.05. The second-order valence-corrected chi connectivity index (χ2v) is 10.4. The fourth-order valence-electron chi connectivity index (χ4n) is 8.12. The van der Waals surface area contributed by atoms with Crippen LogP contribution in [0.25, 0.3) is 0 Å². The molecular weight excluding hydrogens is 366 g/mol. The Balaban J connectivity index is 1.40. The van der Waals surface area contributed by atoms with Crippen molar-refractivity contribution < 1.29 is 14.3 Å². The first kappa shape index (κ1) is 18.9. The van der Waals surface area contributed by atoms with Crippen LogP contribution in [-0.2, 0) is 9.53 Å². The number of rotatable bonds is 3. The molecule has 5 aliphatic carbocycles. The topological polar surface area (TPSA) is 94.2 Å². The average molecular weight is 396 g/mol. The molecule has 6 aliphatic rings. The lowest BCUT2D eigenvalue weighted by Crippen LogP contribution is -2.51. The lowest BCUT2D eigenvalue weighted by molar-refractivity contribution is -0.146. The van der Waals surface area contributed by atoms with Crippen molar-refractivity contribution in [3.05, 3.63) is 0 Å². The molecule has 4 bridgehead atoms. The number of hydrogen-bond donors (Lipinski definition) is 0. The van der Waals surface area contributed by atoms with Gasteiger partial charge in [-0.15, -0.1) is 0 Å². The zero-order valence-corrected chi connectivity index (χ0v) is 17.2. The summed E-state index contributed by atoms with van der Waals surface area (Å²) in [4.78, 5) is 27.7. The molecule has 5 saturated carbocycles. The van der Waals surface area contributed by atoms with Gasteiger partial charge < -0.3 is 9.64 Å². The number of Topliss-reactive ketones (excluding diaryl/α,β-unsaturated/α-hetero) is 1.